The smallest absolute Gasteiger partial charge is 0.305 e. The van der Waals surface area contributed by atoms with Crippen molar-refractivity contribution in [1.82, 2.24) is 9.80 Å². The van der Waals surface area contributed by atoms with Crippen molar-refractivity contribution in [2.24, 2.45) is 11.7 Å². The van der Waals surface area contributed by atoms with Crippen LogP contribution >= 0.6 is 0 Å². The number of hydrogen-bond donors (Lipinski definition) is 1. The highest BCUT2D eigenvalue weighted by molar-refractivity contribution is 5.69. The fraction of sp³-hybridized carbons (Fsp3) is 0.878. The zero-order chi connectivity index (χ0) is 40.4. The lowest BCUT2D eigenvalue weighted by Gasteiger charge is -2.32. The van der Waals surface area contributed by atoms with E-state index < -0.39 is 0 Å². The summed E-state index contributed by atoms with van der Waals surface area (Å²) < 4.78 is 11.3. The number of nitrogens with zero attached hydrogens (tertiary/aromatic N) is 2. The molecular weight excluding hydrogens is 695 g/mol. The molecule has 7 nitrogen and oxygen atoms in total. The first kappa shape index (κ1) is 52.3. The van der Waals surface area contributed by atoms with E-state index in [9.17, 15) is 9.59 Å². The summed E-state index contributed by atoms with van der Waals surface area (Å²) >= 11 is 0. The molecule has 2 N–H and O–H groups in total. The summed E-state index contributed by atoms with van der Waals surface area (Å²) in [6, 6.07) is 0. The molecule has 1 rings (SSSR count). The van der Waals surface area contributed by atoms with E-state index in [1.807, 2.05) is 0 Å². The predicted octanol–water partition coefficient (Wildman–Crippen LogP) is 12.5. The summed E-state index contributed by atoms with van der Waals surface area (Å²) in [6.07, 6.45) is 46.4. The van der Waals surface area contributed by atoms with Crippen LogP contribution in [-0.2, 0) is 19.1 Å². The van der Waals surface area contributed by atoms with Crippen molar-refractivity contribution in [3.8, 4) is 0 Å². The standard InChI is InChI=1S/C49H93N3O4/c1-3-5-7-9-11-13-15-17-19-21-23-25-27-29-31-34-48(53)55-44-42-52(39-33-38-51-40-36-47(46-50)37-41-51)43-45-56-49(54)35-32-30-28-26-24-22-20-18-16-14-12-10-8-6-4-2/h17-20,47H,3-16,21-46,50H2,1-2H3/b19-17-,20-18-. The third-order valence-corrected chi connectivity index (χ3v) is 11.6. The first-order valence-electron chi connectivity index (χ1n) is 24.3. The van der Waals surface area contributed by atoms with Crippen molar-refractivity contribution in [1.29, 1.82) is 0 Å². The maximum absolute atomic E-state index is 12.5. The molecule has 1 fully saturated rings. The lowest BCUT2D eigenvalue weighted by molar-refractivity contribution is -0.144. The molecule has 0 spiro atoms. The van der Waals surface area contributed by atoms with Crippen molar-refractivity contribution in [2.75, 3.05) is 59.0 Å². The summed E-state index contributed by atoms with van der Waals surface area (Å²) in [5.74, 6) is 0.499. The molecule has 0 saturated carbocycles. The number of esters is 2. The van der Waals surface area contributed by atoms with Crippen molar-refractivity contribution >= 4 is 11.9 Å². The van der Waals surface area contributed by atoms with Crippen LogP contribution in [-0.4, -0.2) is 80.8 Å². The molecule has 0 aromatic carbocycles. The molecule has 0 aliphatic carbocycles. The van der Waals surface area contributed by atoms with Gasteiger partial charge in [-0.25, -0.2) is 0 Å². The summed E-state index contributed by atoms with van der Waals surface area (Å²) in [7, 11) is 0. The average Bonchev–Trinajstić information content (AvgIpc) is 3.20. The van der Waals surface area contributed by atoms with Gasteiger partial charge in [0.25, 0.3) is 0 Å². The van der Waals surface area contributed by atoms with Gasteiger partial charge in [-0.3, -0.25) is 14.5 Å². The molecule has 0 aromatic heterocycles. The zero-order valence-corrected chi connectivity index (χ0v) is 37.3. The molecule has 0 radical (unpaired) electrons. The number of piperidine rings is 1. The highest BCUT2D eigenvalue weighted by Gasteiger charge is 2.18. The molecule has 1 heterocycles. The summed E-state index contributed by atoms with van der Waals surface area (Å²) in [6.45, 7) is 11.7. The molecule has 1 aliphatic rings. The third-order valence-electron chi connectivity index (χ3n) is 11.6. The van der Waals surface area contributed by atoms with Gasteiger partial charge in [-0.05, 0) is 122 Å². The lowest BCUT2D eigenvalue weighted by Crippen LogP contribution is -2.38. The molecule has 0 bridgehead atoms. The highest BCUT2D eigenvalue weighted by Crippen LogP contribution is 2.16. The van der Waals surface area contributed by atoms with E-state index in [4.69, 9.17) is 15.2 Å². The van der Waals surface area contributed by atoms with Gasteiger partial charge in [0.1, 0.15) is 13.2 Å². The van der Waals surface area contributed by atoms with Crippen LogP contribution in [0.5, 0.6) is 0 Å². The zero-order valence-electron chi connectivity index (χ0n) is 37.3. The Morgan fingerprint density at radius 1 is 0.536 bits per heavy atom. The summed E-state index contributed by atoms with van der Waals surface area (Å²) in [4.78, 5) is 29.8. The Hall–Kier alpha value is -1.70. The van der Waals surface area contributed by atoms with Gasteiger partial charge in [0, 0.05) is 25.9 Å². The first-order chi connectivity index (χ1) is 27.6. The van der Waals surface area contributed by atoms with Crippen LogP contribution < -0.4 is 5.73 Å². The fourth-order valence-corrected chi connectivity index (χ4v) is 7.70. The fourth-order valence-electron chi connectivity index (χ4n) is 7.70. The SMILES string of the molecule is CCCCCCCC/C=C\CCCCCCCC(=O)OCCN(CCCN1CCC(CN)CC1)CCOC(=O)CCCCCCC/C=C\CCCCCCCC. The van der Waals surface area contributed by atoms with Crippen molar-refractivity contribution in [2.45, 2.75) is 213 Å². The number of likely N-dealkylation sites (tertiary alicyclic amines) is 1. The van der Waals surface area contributed by atoms with E-state index in [1.165, 1.54) is 154 Å². The maximum Gasteiger partial charge on any atom is 0.305 e. The van der Waals surface area contributed by atoms with E-state index in [2.05, 4.69) is 48.0 Å². The van der Waals surface area contributed by atoms with Crippen LogP contribution in [0.4, 0.5) is 0 Å². The van der Waals surface area contributed by atoms with Crippen molar-refractivity contribution in [3.63, 3.8) is 0 Å². The minimum atomic E-state index is -0.0863. The topological polar surface area (TPSA) is 85.1 Å². The van der Waals surface area contributed by atoms with Gasteiger partial charge < -0.3 is 20.1 Å². The van der Waals surface area contributed by atoms with Gasteiger partial charge in [-0.2, -0.15) is 0 Å². The van der Waals surface area contributed by atoms with E-state index in [0.717, 1.165) is 64.8 Å². The average molecular weight is 788 g/mol. The Labute approximate surface area is 347 Å². The molecule has 1 aliphatic heterocycles. The number of allylic oxidation sites excluding steroid dienone is 4. The van der Waals surface area contributed by atoms with E-state index in [0.29, 0.717) is 45.1 Å². The quantitative estimate of drug-likeness (QED) is 0.0375. The first-order valence-corrected chi connectivity index (χ1v) is 24.3. The van der Waals surface area contributed by atoms with Crippen molar-refractivity contribution < 1.29 is 19.1 Å². The summed E-state index contributed by atoms with van der Waals surface area (Å²) in [5, 5.41) is 0. The van der Waals surface area contributed by atoms with E-state index in [1.54, 1.807) is 0 Å². The second-order valence-corrected chi connectivity index (χ2v) is 16.8. The Balaban J connectivity index is 2.17. The maximum atomic E-state index is 12.5. The van der Waals surface area contributed by atoms with Crippen LogP contribution in [0.15, 0.2) is 24.3 Å². The molecule has 0 aromatic rings. The van der Waals surface area contributed by atoms with Gasteiger partial charge in [0.2, 0.25) is 0 Å². The van der Waals surface area contributed by atoms with Gasteiger partial charge in [-0.1, -0.05) is 141 Å². The number of hydrogen-bond acceptors (Lipinski definition) is 7. The number of unbranched alkanes of at least 4 members (excludes halogenated alkanes) is 22. The Kier molecular flexibility index (Phi) is 38.7. The monoisotopic (exact) mass is 788 g/mol. The Morgan fingerprint density at radius 2 is 0.911 bits per heavy atom. The van der Waals surface area contributed by atoms with E-state index >= 15 is 0 Å². The lowest BCUT2D eigenvalue weighted by atomic mass is 9.97. The van der Waals surface area contributed by atoms with Gasteiger partial charge in [-0.15, -0.1) is 0 Å². The normalized spacial score (nSPS) is 14.1. The number of carbonyl (C=O) groups excluding carboxylic acids is 2. The van der Waals surface area contributed by atoms with E-state index in [-0.39, 0.29) is 11.9 Å². The molecule has 0 unspecified atom stereocenters. The third kappa shape index (κ3) is 35.5. The largest absolute Gasteiger partial charge is 0.464 e. The molecule has 7 heteroatoms. The molecule has 0 amide bonds. The van der Waals surface area contributed by atoms with Gasteiger partial charge in [0.15, 0.2) is 0 Å². The number of nitrogens with two attached hydrogens (primary N) is 1. The van der Waals surface area contributed by atoms with Crippen LogP contribution in [0.2, 0.25) is 0 Å². The van der Waals surface area contributed by atoms with Crippen LogP contribution in [0.1, 0.15) is 213 Å². The molecule has 328 valence electrons. The highest BCUT2D eigenvalue weighted by atomic mass is 16.5. The minimum Gasteiger partial charge on any atom is -0.464 e. The molecular formula is C49H93N3O4. The Bertz CT molecular complexity index is 859. The van der Waals surface area contributed by atoms with Crippen LogP contribution in [0, 0.1) is 5.92 Å². The predicted molar refractivity (Wildman–Crippen MR) is 240 cm³/mol. The second-order valence-electron chi connectivity index (χ2n) is 16.8. The summed E-state index contributed by atoms with van der Waals surface area (Å²) in [5.41, 5.74) is 5.89. The molecule has 1 saturated heterocycles. The minimum absolute atomic E-state index is 0.0863. The van der Waals surface area contributed by atoms with Crippen LogP contribution in [0.25, 0.3) is 0 Å². The Morgan fingerprint density at radius 3 is 1.30 bits per heavy atom. The number of ether oxygens (including phenoxy) is 2. The number of rotatable bonds is 41. The van der Waals surface area contributed by atoms with Crippen molar-refractivity contribution in [3.05, 3.63) is 24.3 Å². The van der Waals surface area contributed by atoms with Gasteiger partial charge >= 0.3 is 11.9 Å². The number of carbonyl (C=O) groups is 2. The molecule has 0 atom stereocenters. The second kappa shape index (κ2) is 41.5. The van der Waals surface area contributed by atoms with Crippen LogP contribution in [0.3, 0.4) is 0 Å². The van der Waals surface area contributed by atoms with Gasteiger partial charge in [0.05, 0.1) is 0 Å². The molecule has 56 heavy (non-hydrogen) atoms.